The number of aromatic carboxylic acids is 1. The molecule has 2 heterocycles. The van der Waals surface area contributed by atoms with E-state index in [1.54, 1.807) is 43.5 Å². The zero-order valence-corrected chi connectivity index (χ0v) is 13.8. The summed E-state index contributed by atoms with van der Waals surface area (Å²) in [5.74, 6) is 0.661. The van der Waals surface area contributed by atoms with Gasteiger partial charge in [-0.2, -0.15) is 0 Å². The van der Waals surface area contributed by atoms with Gasteiger partial charge in [0.25, 0.3) is 0 Å². The Kier molecular flexibility index (Phi) is 3.92. The second-order valence-electron chi connectivity index (χ2n) is 5.60. The van der Waals surface area contributed by atoms with Gasteiger partial charge in [0.15, 0.2) is 23.3 Å². The van der Waals surface area contributed by atoms with Crippen LogP contribution in [0.2, 0.25) is 0 Å². The maximum absolute atomic E-state index is 11.6. The summed E-state index contributed by atoms with van der Waals surface area (Å²) in [5.41, 5.74) is 0.786. The molecule has 8 nitrogen and oxygen atoms in total. The molecular formula is C18H15N3O5. The van der Waals surface area contributed by atoms with Gasteiger partial charge in [-0.05, 0) is 36.4 Å². The molecule has 0 fully saturated rings. The summed E-state index contributed by atoms with van der Waals surface area (Å²) in [5, 5.41) is 17.3. The summed E-state index contributed by atoms with van der Waals surface area (Å²) < 4.78 is 18.3. The average molecular weight is 353 g/mol. The summed E-state index contributed by atoms with van der Waals surface area (Å²) in [6, 6.07) is 14.3. The van der Waals surface area contributed by atoms with E-state index in [2.05, 4.69) is 10.3 Å². The zero-order valence-electron chi connectivity index (χ0n) is 13.8. The Bertz CT molecular complexity index is 952. The molecule has 0 aliphatic carbocycles. The highest BCUT2D eigenvalue weighted by molar-refractivity contribution is 5.86. The molecule has 1 aliphatic rings. The molecule has 26 heavy (non-hydrogen) atoms. The Morgan fingerprint density at radius 2 is 1.92 bits per heavy atom. The molecular weight excluding hydrogens is 338 g/mol. The molecule has 132 valence electrons. The topological polar surface area (TPSA) is 95.7 Å². The van der Waals surface area contributed by atoms with Crippen LogP contribution < -0.4 is 14.2 Å². The molecule has 0 radical (unpaired) electrons. The quantitative estimate of drug-likeness (QED) is 0.770. The fourth-order valence-electron chi connectivity index (χ4n) is 2.80. The smallest absolute Gasteiger partial charge is 0.358 e. The lowest BCUT2D eigenvalue weighted by Gasteiger charge is -2.26. The van der Waals surface area contributed by atoms with Gasteiger partial charge >= 0.3 is 5.97 Å². The van der Waals surface area contributed by atoms with Crippen LogP contribution in [-0.2, 0) is 0 Å². The zero-order chi connectivity index (χ0) is 18.1. The van der Waals surface area contributed by atoms with Gasteiger partial charge in [-0.15, -0.1) is 5.10 Å². The number of rotatable bonds is 4. The Labute approximate surface area is 148 Å². The highest BCUT2D eigenvalue weighted by Gasteiger charge is 2.32. The van der Waals surface area contributed by atoms with Gasteiger partial charge in [0.2, 0.25) is 0 Å². The predicted octanol–water partition coefficient (Wildman–Crippen LogP) is 2.49. The number of carbonyl (C=O) groups is 1. The fraction of sp³-hybridized carbons (Fsp3) is 0.167. The fourth-order valence-corrected chi connectivity index (χ4v) is 2.80. The van der Waals surface area contributed by atoms with Gasteiger partial charge in [-0.25, -0.2) is 9.48 Å². The van der Waals surface area contributed by atoms with Gasteiger partial charge in [0, 0.05) is 0 Å². The molecule has 1 aliphatic heterocycles. The van der Waals surface area contributed by atoms with Crippen molar-refractivity contribution in [2.45, 2.75) is 6.10 Å². The van der Waals surface area contributed by atoms with E-state index in [-0.39, 0.29) is 12.3 Å². The van der Waals surface area contributed by atoms with E-state index in [0.717, 1.165) is 0 Å². The van der Waals surface area contributed by atoms with Crippen LogP contribution in [0.1, 0.15) is 22.3 Å². The van der Waals surface area contributed by atoms with E-state index in [4.69, 9.17) is 14.2 Å². The lowest BCUT2D eigenvalue weighted by atomic mass is 10.1. The Morgan fingerprint density at radius 3 is 2.62 bits per heavy atom. The molecule has 0 saturated carbocycles. The summed E-state index contributed by atoms with van der Waals surface area (Å²) in [7, 11) is 1.57. The van der Waals surface area contributed by atoms with E-state index in [9.17, 15) is 9.90 Å². The molecule has 8 heteroatoms. The average Bonchev–Trinajstić information content (AvgIpc) is 3.13. The number of aromatic nitrogens is 3. The van der Waals surface area contributed by atoms with Crippen molar-refractivity contribution in [3.8, 4) is 22.9 Å². The molecule has 1 N–H and O–H groups in total. The molecule has 4 rings (SSSR count). The standard InChI is InChI=1S/C18H15N3O5/c1-24-12-8-6-11(7-9-12)21-17(16(18(22)23)19-20-21)15-10-25-13-4-2-3-5-14(13)26-15/h2-9,15H,10H2,1H3,(H,22,23). The Hall–Kier alpha value is -3.55. The van der Waals surface area contributed by atoms with Crippen LogP contribution in [0.5, 0.6) is 17.2 Å². The summed E-state index contributed by atoms with van der Waals surface area (Å²) in [6.07, 6.45) is -0.659. The number of nitrogens with zero attached hydrogens (tertiary/aromatic N) is 3. The molecule has 1 aromatic heterocycles. The van der Waals surface area contributed by atoms with Crippen molar-refractivity contribution in [1.29, 1.82) is 0 Å². The number of hydrogen-bond donors (Lipinski definition) is 1. The SMILES string of the molecule is COc1ccc(-n2nnc(C(=O)O)c2C2COc3ccccc3O2)cc1. The Morgan fingerprint density at radius 1 is 1.19 bits per heavy atom. The number of hydrogen-bond acceptors (Lipinski definition) is 6. The second kappa shape index (κ2) is 6.40. The maximum Gasteiger partial charge on any atom is 0.358 e. The van der Waals surface area contributed by atoms with Gasteiger partial charge in [-0.3, -0.25) is 0 Å². The van der Waals surface area contributed by atoms with Gasteiger partial charge in [-0.1, -0.05) is 17.3 Å². The molecule has 3 aromatic rings. The molecule has 1 atom stereocenters. The number of fused-ring (bicyclic) bond motifs is 1. The highest BCUT2D eigenvalue weighted by Crippen LogP contribution is 2.37. The lowest BCUT2D eigenvalue weighted by molar-refractivity contribution is 0.0661. The van der Waals surface area contributed by atoms with Crippen molar-refractivity contribution in [3.63, 3.8) is 0 Å². The van der Waals surface area contributed by atoms with E-state index in [1.807, 2.05) is 12.1 Å². The predicted molar refractivity (Wildman–Crippen MR) is 90.2 cm³/mol. The van der Waals surface area contributed by atoms with E-state index in [1.165, 1.54) is 4.68 Å². The van der Waals surface area contributed by atoms with E-state index in [0.29, 0.717) is 28.6 Å². The Balaban J connectivity index is 1.77. The van der Waals surface area contributed by atoms with Crippen molar-refractivity contribution < 1.29 is 24.1 Å². The highest BCUT2D eigenvalue weighted by atomic mass is 16.6. The minimum absolute atomic E-state index is 0.154. The third kappa shape index (κ3) is 2.71. The monoisotopic (exact) mass is 353 g/mol. The molecule has 1 unspecified atom stereocenters. The molecule has 0 saturated heterocycles. The van der Waals surface area contributed by atoms with E-state index >= 15 is 0 Å². The first-order chi connectivity index (χ1) is 12.7. The van der Waals surface area contributed by atoms with Gasteiger partial charge in [0.1, 0.15) is 18.1 Å². The summed E-state index contributed by atoms with van der Waals surface area (Å²) >= 11 is 0. The number of ether oxygens (including phenoxy) is 3. The molecule has 0 bridgehead atoms. The van der Waals surface area contributed by atoms with E-state index < -0.39 is 12.1 Å². The third-order valence-corrected chi connectivity index (χ3v) is 4.04. The molecule has 0 amide bonds. The minimum atomic E-state index is -1.18. The number of carboxylic acid groups (broad SMARTS) is 1. The normalized spacial score (nSPS) is 15.5. The first kappa shape index (κ1) is 15.9. The van der Waals surface area contributed by atoms with Crippen molar-refractivity contribution in [3.05, 3.63) is 59.9 Å². The van der Waals surface area contributed by atoms with Crippen LogP contribution in [0, 0.1) is 0 Å². The maximum atomic E-state index is 11.6. The first-order valence-electron chi connectivity index (χ1n) is 7.89. The van der Waals surface area contributed by atoms with Crippen LogP contribution in [0.4, 0.5) is 0 Å². The summed E-state index contributed by atoms with van der Waals surface area (Å²) in [6.45, 7) is 0.154. The number of carboxylic acids is 1. The van der Waals surface area contributed by atoms with Crippen LogP contribution in [0.3, 0.4) is 0 Å². The van der Waals surface area contributed by atoms with Crippen molar-refractivity contribution >= 4 is 5.97 Å². The largest absolute Gasteiger partial charge is 0.497 e. The number of benzene rings is 2. The lowest BCUT2D eigenvalue weighted by Crippen LogP contribution is -2.25. The van der Waals surface area contributed by atoms with Crippen molar-refractivity contribution in [2.24, 2.45) is 0 Å². The van der Waals surface area contributed by atoms with Crippen LogP contribution in [0.25, 0.3) is 5.69 Å². The molecule has 2 aromatic carbocycles. The van der Waals surface area contributed by atoms with Gasteiger partial charge < -0.3 is 19.3 Å². The first-order valence-corrected chi connectivity index (χ1v) is 7.89. The molecule has 0 spiro atoms. The van der Waals surface area contributed by atoms with Crippen molar-refractivity contribution in [2.75, 3.05) is 13.7 Å². The number of methoxy groups -OCH3 is 1. The minimum Gasteiger partial charge on any atom is -0.497 e. The second-order valence-corrected chi connectivity index (χ2v) is 5.60. The van der Waals surface area contributed by atoms with Crippen LogP contribution in [-0.4, -0.2) is 39.8 Å². The summed E-state index contributed by atoms with van der Waals surface area (Å²) in [4.78, 5) is 11.6. The third-order valence-electron chi connectivity index (χ3n) is 4.04. The number of para-hydroxylation sites is 2. The van der Waals surface area contributed by atoms with Crippen LogP contribution >= 0.6 is 0 Å². The van der Waals surface area contributed by atoms with Crippen LogP contribution in [0.15, 0.2) is 48.5 Å². The van der Waals surface area contributed by atoms with Crippen molar-refractivity contribution in [1.82, 2.24) is 15.0 Å². The van der Waals surface area contributed by atoms with Gasteiger partial charge in [0.05, 0.1) is 12.8 Å².